The fraction of sp³-hybridized carbons (Fsp3) is 1.00. The Morgan fingerprint density at radius 3 is 2.50 bits per heavy atom. The van der Waals surface area contributed by atoms with Crippen molar-refractivity contribution < 1.29 is 4.21 Å². The number of hydrogen-bond acceptors (Lipinski definition) is 2. The Morgan fingerprint density at radius 2 is 1.83 bits per heavy atom. The zero-order chi connectivity index (χ0) is 13.0. The average molecular weight is 271 g/mol. The summed E-state index contributed by atoms with van der Waals surface area (Å²) in [5, 5.41) is 0.744. The lowest BCUT2D eigenvalue weighted by atomic mass is 9.83. The molecule has 2 aliphatic carbocycles. The van der Waals surface area contributed by atoms with Crippen LogP contribution in [0.1, 0.15) is 71.1 Å². The molecule has 0 radical (unpaired) electrons. The van der Waals surface area contributed by atoms with Gasteiger partial charge < -0.3 is 5.73 Å². The van der Waals surface area contributed by atoms with Crippen LogP contribution in [0.4, 0.5) is 0 Å². The van der Waals surface area contributed by atoms with Crippen molar-refractivity contribution >= 4 is 10.8 Å². The molecule has 0 spiro atoms. The summed E-state index contributed by atoms with van der Waals surface area (Å²) in [4.78, 5) is 0. The second-order valence-corrected chi connectivity index (χ2v) is 8.19. The van der Waals surface area contributed by atoms with E-state index < -0.39 is 10.8 Å². The van der Waals surface area contributed by atoms with Gasteiger partial charge >= 0.3 is 0 Å². The fourth-order valence-corrected chi connectivity index (χ4v) is 5.95. The molecule has 106 valence electrons. The highest BCUT2D eigenvalue weighted by Crippen LogP contribution is 2.33. The minimum absolute atomic E-state index is 0.195. The first-order chi connectivity index (χ1) is 8.72. The molecule has 0 aromatic heterocycles. The highest BCUT2D eigenvalue weighted by molar-refractivity contribution is 7.86. The van der Waals surface area contributed by atoms with E-state index >= 15 is 0 Å². The van der Waals surface area contributed by atoms with E-state index in [2.05, 4.69) is 6.92 Å². The monoisotopic (exact) mass is 271 g/mol. The molecule has 18 heavy (non-hydrogen) atoms. The van der Waals surface area contributed by atoms with Crippen molar-refractivity contribution in [2.45, 2.75) is 87.7 Å². The number of hydrogen-bond donors (Lipinski definition) is 1. The first-order valence-electron chi connectivity index (χ1n) is 7.87. The fourth-order valence-electron chi connectivity index (χ4n) is 3.72. The van der Waals surface area contributed by atoms with Gasteiger partial charge in [-0.3, -0.25) is 4.21 Å². The lowest BCUT2D eigenvalue weighted by Gasteiger charge is -2.36. The molecule has 2 aliphatic rings. The van der Waals surface area contributed by atoms with E-state index in [1.54, 1.807) is 0 Å². The molecule has 2 rings (SSSR count). The first-order valence-corrected chi connectivity index (χ1v) is 9.15. The molecule has 2 N–H and O–H groups in total. The Morgan fingerprint density at radius 1 is 1.11 bits per heavy atom. The third-order valence-electron chi connectivity index (χ3n) is 4.83. The van der Waals surface area contributed by atoms with Gasteiger partial charge in [-0.2, -0.15) is 0 Å². The molecular formula is C15H29NOS. The molecule has 4 atom stereocenters. The molecule has 4 unspecified atom stereocenters. The molecule has 0 amide bonds. The number of nitrogens with two attached hydrogens (primary N) is 1. The normalized spacial score (nSPS) is 36.4. The zero-order valence-corrected chi connectivity index (χ0v) is 12.6. The molecule has 2 nitrogen and oxygen atoms in total. The van der Waals surface area contributed by atoms with Gasteiger partial charge in [-0.25, -0.2) is 0 Å². The second kappa shape index (κ2) is 7.04. The molecule has 3 heteroatoms. The molecule has 0 aromatic rings. The van der Waals surface area contributed by atoms with Crippen LogP contribution >= 0.6 is 0 Å². The van der Waals surface area contributed by atoms with E-state index in [-0.39, 0.29) is 6.04 Å². The van der Waals surface area contributed by atoms with Crippen LogP contribution in [0.25, 0.3) is 0 Å². The maximum atomic E-state index is 12.7. The highest BCUT2D eigenvalue weighted by atomic mass is 32.2. The van der Waals surface area contributed by atoms with Crippen LogP contribution in [0, 0.1) is 5.92 Å². The van der Waals surface area contributed by atoms with Gasteiger partial charge in [-0.15, -0.1) is 0 Å². The van der Waals surface area contributed by atoms with Crippen molar-refractivity contribution in [2.75, 3.05) is 0 Å². The summed E-state index contributed by atoms with van der Waals surface area (Å²) in [5.41, 5.74) is 6.25. The Kier molecular flexibility index (Phi) is 5.68. The SMILES string of the molecule is CCCC1CCC(N)C(S(=O)C2CCCCC2)C1. The first kappa shape index (κ1) is 14.5. The molecular weight excluding hydrogens is 242 g/mol. The minimum atomic E-state index is -0.672. The van der Waals surface area contributed by atoms with Crippen LogP contribution in [0.15, 0.2) is 0 Å². The third kappa shape index (κ3) is 3.57. The van der Waals surface area contributed by atoms with Crippen LogP contribution in [0.5, 0.6) is 0 Å². The molecule has 2 fully saturated rings. The van der Waals surface area contributed by atoms with Crippen LogP contribution in [0.3, 0.4) is 0 Å². The number of rotatable bonds is 4. The van der Waals surface area contributed by atoms with E-state index in [9.17, 15) is 4.21 Å². The van der Waals surface area contributed by atoms with Crippen LogP contribution in [-0.2, 0) is 10.8 Å². The maximum Gasteiger partial charge on any atom is 0.0504 e. The Hall–Kier alpha value is 0.110. The molecule has 0 heterocycles. The molecule has 0 saturated heterocycles. The third-order valence-corrected chi connectivity index (χ3v) is 7.09. The van der Waals surface area contributed by atoms with E-state index in [4.69, 9.17) is 5.73 Å². The zero-order valence-electron chi connectivity index (χ0n) is 11.8. The van der Waals surface area contributed by atoms with E-state index in [1.807, 2.05) is 0 Å². The van der Waals surface area contributed by atoms with Gasteiger partial charge in [0.15, 0.2) is 0 Å². The maximum absolute atomic E-state index is 12.7. The Balaban J connectivity index is 1.93. The van der Waals surface area contributed by atoms with Gasteiger partial charge in [0.05, 0.1) is 5.25 Å². The molecule has 2 saturated carbocycles. The summed E-state index contributed by atoms with van der Waals surface area (Å²) in [6.07, 6.45) is 12.3. The largest absolute Gasteiger partial charge is 0.327 e. The summed E-state index contributed by atoms with van der Waals surface area (Å²) in [6, 6.07) is 0.195. The van der Waals surface area contributed by atoms with Gasteiger partial charge in [0, 0.05) is 22.1 Å². The predicted molar refractivity (Wildman–Crippen MR) is 79.0 cm³/mol. The molecule has 0 aromatic carbocycles. The topological polar surface area (TPSA) is 43.1 Å². The summed E-state index contributed by atoms with van der Waals surface area (Å²) in [7, 11) is -0.672. The van der Waals surface area contributed by atoms with Gasteiger partial charge in [-0.1, -0.05) is 39.0 Å². The van der Waals surface area contributed by atoms with Gasteiger partial charge in [0.1, 0.15) is 0 Å². The quantitative estimate of drug-likeness (QED) is 0.852. The van der Waals surface area contributed by atoms with Crippen molar-refractivity contribution in [1.82, 2.24) is 0 Å². The predicted octanol–water partition coefficient (Wildman–Crippen LogP) is 3.36. The average Bonchev–Trinajstić information content (AvgIpc) is 2.41. The summed E-state index contributed by atoms with van der Waals surface area (Å²) >= 11 is 0. The summed E-state index contributed by atoms with van der Waals surface area (Å²) in [5.74, 6) is 0.785. The smallest absolute Gasteiger partial charge is 0.0504 e. The second-order valence-electron chi connectivity index (χ2n) is 6.26. The van der Waals surface area contributed by atoms with Gasteiger partial charge in [0.25, 0.3) is 0 Å². The minimum Gasteiger partial charge on any atom is -0.327 e. The molecule has 0 bridgehead atoms. The van der Waals surface area contributed by atoms with Gasteiger partial charge in [0.2, 0.25) is 0 Å². The van der Waals surface area contributed by atoms with Crippen LogP contribution in [0.2, 0.25) is 0 Å². The lowest BCUT2D eigenvalue weighted by Crippen LogP contribution is -2.45. The van der Waals surface area contributed by atoms with Crippen LogP contribution in [-0.4, -0.2) is 20.8 Å². The lowest BCUT2D eigenvalue weighted by molar-refractivity contribution is 0.311. The highest BCUT2D eigenvalue weighted by Gasteiger charge is 2.35. The van der Waals surface area contributed by atoms with Crippen molar-refractivity contribution in [3.8, 4) is 0 Å². The van der Waals surface area contributed by atoms with Crippen molar-refractivity contribution in [2.24, 2.45) is 11.7 Å². The van der Waals surface area contributed by atoms with Crippen molar-refractivity contribution in [3.05, 3.63) is 0 Å². The summed E-state index contributed by atoms with van der Waals surface area (Å²) < 4.78 is 12.7. The molecule has 0 aliphatic heterocycles. The van der Waals surface area contributed by atoms with E-state index in [0.29, 0.717) is 10.5 Å². The Labute approximate surface area is 115 Å². The summed E-state index contributed by atoms with van der Waals surface area (Å²) in [6.45, 7) is 2.25. The van der Waals surface area contributed by atoms with Crippen LogP contribution < -0.4 is 5.73 Å². The standard InChI is InChI=1S/C15H29NOS/c1-2-6-12-9-10-14(16)15(11-12)18(17)13-7-4-3-5-8-13/h12-15H,2-11,16H2,1H3. The van der Waals surface area contributed by atoms with Crippen molar-refractivity contribution in [1.29, 1.82) is 0 Å². The van der Waals surface area contributed by atoms with Gasteiger partial charge in [-0.05, 0) is 38.0 Å². The Bertz CT molecular complexity index is 276. The van der Waals surface area contributed by atoms with Crippen molar-refractivity contribution in [3.63, 3.8) is 0 Å². The van der Waals surface area contributed by atoms with E-state index in [0.717, 1.165) is 18.8 Å². The van der Waals surface area contributed by atoms with E-state index in [1.165, 1.54) is 51.4 Å².